The standard InChI is InChI=1S/C29H45NO4/c1-26-10-7-23(34-18-16-30-14-3-4-15-30)19-21(26)5-6-25-24(26)8-11-27(2)28(31,12-13-29(25,27)32)22-9-17-33-20-22/h9,17,20-21,23-25,31-32H,3-8,10-16,18-19H2,1-2H3/t21-,23+,24?,25?,26+,27-,28+,29+/m1/s1. The SMILES string of the molecule is C[C@]12CCC3C(CC[C@@H]4C[C@@H](OCCN5CCCC5)CC[C@]34C)[C@@]1(O)CC[C@]2(O)c1ccoc1. The highest BCUT2D eigenvalue weighted by atomic mass is 16.5. The lowest BCUT2D eigenvalue weighted by Crippen LogP contribution is -2.64. The van der Waals surface area contributed by atoms with Crippen LogP contribution < -0.4 is 0 Å². The molecule has 6 rings (SSSR count). The van der Waals surface area contributed by atoms with E-state index in [0.717, 1.165) is 44.4 Å². The lowest BCUT2D eigenvalue weighted by molar-refractivity contribution is -0.239. The van der Waals surface area contributed by atoms with Crippen LogP contribution in [0.25, 0.3) is 0 Å². The lowest BCUT2D eigenvalue weighted by atomic mass is 9.43. The molecule has 8 atom stereocenters. The molecule has 0 radical (unpaired) electrons. The molecule has 1 saturated heterocycles. The smallest absolute Gasteiger partial charge is 0.101 e. The summed E-state index contributed by atoms with van der Waals surface area (Å²) in [6.45, 7) is 9.14. The van der Waals surface area contributed by atoms with Crippen molar-refractivity contribution in [2.45, 2.75) is 102 Å². The van der Waals surface area contributed by atoms with Crippen molar-refractivity contribution in [3.8, 4) is 0 Å². The highest BCUT2D eigenvalue weighted by Gasteiger charge is 2.72. The summed E-state index contributed by atoms with van der Waals surface area (Å²) in [5, 5.41) is 24.3. The van der Waals surface area contributed by atoms with Gasteiger partial charge in [-0.3, -0.25) is 0 Å². The topological polar surface area (TPSA) is 66.1 Å². The number of rotatable bonds is 5. The van der Waals surface area contributed by atoms with Gasteiger partial charge in [-0.05, 0) is 113 Å². The average Bonchev–Trinajstić information content (AvgIpc) is 3.57. The fourth-order valence-electron chi connectivity index (χ4n) is 9.67. The van der Waals surface area contributed by atoms with Crippen LogP contribution >= 0.6 is 0 Å². The minimum atomic E-state index is -1.00. The second-order valence-corrected chi connectivity index (χ2v) is 13.0. The molecule has 2 N–H and O–H groups in total. The predicted octanol–water partition coefficient (Wildman–Crippen LogP) is 5.11. The van der Waals surface area contributed by atoms with Crippen LogP contribution in [0.3, 0.4) is 0 Å². The Morgan fingerprint density at radius 1 is 1.00 bits per heavy atom. The van der Waals surface area contributed by atoms with Crippen molar-refractivity contribution < 1.29 is 19.4 Å². The van der Waals surface area contributed by atoms with Gasteiger partial charge in [0, 0.05) is 17.5 Å². The van der Waals surface area contributed by atoms with Gasteiger partial charge in [-0.1, -0.05) is 13.8 Å². The molecule has 1 aromatic rings. The molecule has 5 nitrogen and oxygen atoms in total. The molecule has 1 aliphatic heterocycles. The zero-order valence-electron chi connectivity index (χ0n) is 21.3. The molecule has 5 heteroatoms. The van der Waals surface area contributed by atoms with E-state index >= 15 is 0 Å². The van der Waals surface area contributed by atoms with Gasteiger partial charge >= 0.3 is 0 Å². The first kappa shape index (κ1) is 23.5. The summed E-state index contributed by atoms with van der Waals surface area (Å²) in [4.78, 5) is 2.55. The molecular formula is C29H45NO4. The molecule has 4 saturated carbocycles. The van der Waals surface area contributed by atoms with Crippen molar-refractivity contribution in [2.24, 2.45) is 28.6 Å². The number of hydrogen-bond acceptors (Lipinski definition) is 5. The Bertz CT molecular complexity index is 867. The molecule has 5 fully saturated rings. The highest BCUT2D eigenvalue weighted by Crippen LogP contribution is 2.71. The third-order valence-corrected chi connectivity index (χ3v) is 11.9. The van der Waals surface area contributed by atoms with Crippen LogP contribution in [0.2, 0.25) is 0 Å². The maximum atomic E-state index is 12.4. The number of nitrogens with zero attached hydrogens (tertiary/aromatic N) is 1. The van der Waals surface area contributed by atoms with E-state index in [2.05, 4.69) is 18.7 Å². The van der Waals surface area contributed by atoms with Crippen molar-refractivity contribution in [1.29, 1.82) is 0 Å². The van der Waals surface area contributed by atoms with Crippen molar-refractivity contribution >= 4 is 0 Å². The van der Waals surface area contributed by atoms with Crippen LogP contribution in [-0.2, 0) is 10.3 Å². The van der Waals surface area contributed by atoms with E-state index in [-0.39, 0.29) is 11.3 Å². The molecule has 190 valence electrons. The molecule has 2 unspecified atom stereocenters. The molecule has 5 aliphatic rings. The second kappa shape index (κ2) is 8.33. The fourth-order valence-corrected chi connectivity index (χ4v) is 9.67. The summed E-state index contributed by atoms with van der Waals surface area (Å²) in [6, 6.07) is 1.90. The van der Waals surface area contributed by atoms with Crippen LogP contribution in [0.15, 0.2) is 23.0 Å². The third kappa shape index (κ3) is 3.26. The van der Waals surface area contributed by atoms with Crippen LogP contribution in [-0.4, -0.2) is 53.1 Å². The third-order valence-electron chi connectivity index (χ3n) is 11.9. The van der Waals surface area contributed by atoms with E-state index in [0.29, 0.717) is 30.8 Å². The summed E-state index contributed by atoms with van der Waals surface area (Å²) >= 11 is 0. The summed E-state index contributed by atoms with van der Waals surface area (Å²) in [5.41, 5.74) is -1.21. The van der Waals surface area contributed by atoms with E-state index < -0.39 is 16.6 Å². The van der Waals surface area contributed by atoms with E-state index in [1.165, 1.54) is 45.2 Å². The second-order valence-electron chi connectivity index (χ2n) is 13.0. The van der Waals surface area contributed by atoms with Crippen molar-refractivity contribution in [3.63, 3.8) is 0 Å². The van der Waals surface area contributed by atoms with E-state index in [1.807, 2.05) is 6.07 Å². The summed E-state index contributed by atoms with van der Waals surface area (Å²) in [6.07, 6.45) is 15.6. The van der Waals surface area contributed by atoms with Gasteiger partial charge in [0.1, 0.15) is 5.60 Å². The summed E-state index contributed by atoms with van der Waals surface area (Å²) in [5.74, 6) is 1.52. The largest absolute Gasteiger partial charge is 0.472 e. The minimum Gasteiger partial charge on any atom is -0.472 e. The molecule has 2 heterocycles. The lowest BCUT2D eigenvalue weighted by Gasteiger charge is -2.64. The molecule has 0 amide bonds. The molecule has 1 aromatic heterocycles. The van der Waals surface area contributed by atoms with Crippen LogP contribution in [0.1, 0.15) is 90.0 Å². The minimum absolute atomic E-state index is 0.279. The van der Waals surface area contributed by atoms with Gasteiger partial charge in [-0.25, -0.2) is 0 Å². The normalized spacial score (nSPS) is 48.9. The Balaban J connectivity index is 1.16. The zero-order valence-corrected chi connectivity index (χ0v) is 21.3. The van der Waals surface area contributed by atoms with Gasteiger partial charge in [0.2, 0.25) is 0 Å². The quantitative estimate of drug-likeness (QED) is 0.625. The molecule has 0 spiro atoms. The first-order chi connectivity index (χ1) is 16.3. The van der Waals surface area contributed by atoms with Gasteiger partial charge in [0.25, 0.3) is 0 Å². The van der Waals surface area contributed by atoms with E-state index in [9.17, 15) is 10.2 Å². The molecular weight excluding hydrogens is 426 g/mol. The van der Waals surface area contributed by atoms with Crippen LogP contribution in [0.5, 0.6) is 0 Å². The predicted molar refractivity (Wildman–Crippen MR) is 131 cm³/mol. The van der Waals surface area contributed by atoms with E-state index in [4.69, 9.17) is 9.15 Å². The van der Waals surface area contributed by atoms with Gasteiger partial charge in [-0.2, -0.15) is 0 Å². The Hall–Kier alpha value is -0.880. The monoisotopic (exact) mass is 471 g/mol. The molecule has 4 aliphatic carbocycles. The van der Waals surface area contributed by atoms with Crippen molar-refractivity contribution in [2.75, 3.05) is 26.2 Å². The fraction of sp³-hybridized carbons (Fsp3) is 0.862. The van der Waals surface area contributed by atoms with E-state index in [1.54, 1.807) is 12.5 Å². The van der Waals surface area contributed by atoms with Gasteiger partial charge in [0.15, 0.2) is 0 Å². The number of aliphatic hydroxyl groups is 2. The maximum absolute atomic E-state index is 12.4. The van der Waals surface area contributed by atoms with Gasteiger partial charge < -0.3 is 24.3 Å². The number of hydrogen-bond donors (Lipinski definition) is 2. The number of fused-ring (bicyclic) bond motifs is 5. The first-order valence-corrected chi connectivity index (χ1v) is 14.1. The van der Waals surface area contributed by atoms with Crippen molar-refractivity contribution in [1.82, 2.24) is 4.90 Å². The van der Waals surface area contributed by atoms with Gasteiger partial charge in [0.05, 0.1) is 30.8 Å². The first-order valence-electron chi connectivity index (χ1n) is 14.1. The summed E-state index contributed by atoms with van der Waals surface area (Å²) in [7, 11) is 0. The van der Waals surface area contributed by atoms with Gasteiger partial charge in [-0.15, -0.1) is 0 Å². The number of ether oxygens (including phenoxy) is 1. The Labute approximate surface area is 205 Å². The summed E-state index contributed by atoms with van der Waals surface area (Å²) < 4.78 is 11.8. The van der Waals surface area contributed by atoms with Crippen LogP contribution in [0, 0.1) is 28.6 Å². The number of furan rings is 1. The van der Waals surface area contributed by atoms with Crippen molar-refractivity contribution in [3.05, 3.63) is 24.2 Å². The maximum Gasteiger partial charge on any atom is 0.101 e. The zero-order chi connectivity index (χ0) is 23.6. The number of likely N-dealkylation sites (tertiary alicyclic amines) is 1. The Kier molecular flexibility index (Phi) is 5.76. The highest BCUT2D eigenvalue weighted by molar-refractivity contribution is 5.30. The van der Waals surface area contributed by atoms with Crippen LogP contribution in [0.4, 0.5) is 0 Å². The molecule has 0 bridgehead atoms. The molecule has 0 aromatic carbocycles. The molecule has 34 heavy (non-hydrogen) atoms. The average molecular weight is 472 g/mol. The Morgan fingerprint density at radius 3 is 2.59 bits per heavy atom. The Morgan fingerprint density at radius 2 is 1.82 bits per heavy atom.